The van der Waals surface area contributed by atoms with E-state index in [1.807, 2.05) is 19.1 Å². The molecule has 1 heterocycles. The van der Waals surface area contributed by atoms with Crippen molar-refractivity contribution in [2.24, 2.45) is 0 Å². The van der Waals surface area contributed by atoms with Crippen LogP contribution in [0.25, 0.3) is 0 Å². The molecule has 0 aliphatic carbocycles. The molecule has 0 amide bonds. The number of aromatic hydroxyl groups is 2. The smallest absolute Gasteiger partial charge is 0.160 e. The number of aryl methyl sites for hydroxylation is 1. The average Bonchev–Trinajstić information content (AvgIpc) is 2.51. The Kier molecular flexibility index (Phi) is 3.37. The summed E-state index contributed by atoms with van der Waals surface area (Å²) in [6.07, 6.45) is 1.64. The van der Waals surface area contributed by atoms with E-state index in [0.717, 1.165) is 35.3 Å². The molecule has 110 valence electrons. The van der Waals surface area contributed by atoms with E-state index in [9.17, 15) is 10.2 Å². The largest absolute Gasteiger partial charge is 0.508 e. The molecule has 1 atom stereocenters. The fourth-order valence-corrected chi connectivity index (χ4v) is 2.72. The van der Waals surface area contributed by atoms with E-state index in [2.05, 4.69) is 0 Å². The average molecular weight is 286 g/mol. The van der Waals surface area contributed by atoms with E-state index in [1.165, 1.54) is 7.11 Å². The van der Waals surface area contributed by atoms with Crippen LogP contribution in [0.4, 0.5) is 0 Å². The van der Waals surface area contributed by atoms with Crippen LogP contribution in [-0.4, -0.2) is 17.3 Å². The molecular weight excluding hydrogens is 268 g/mol. The van der Waals surface area contributed by atoms with Crippen LogP contribution in [0.15, 0.2) is 30.3 Å². The molecule has 0 radical (unpaired) electrons. The monoisotopic (exact) mass is 286 g/mol. The topological polar surface area (TPSA) is 58.9 Å². The highest BCUT2D eigenvalue weighted by atomic mass is 16.5. The number of ether oxygens (including phenoxy) is 2. The van der Waals surface area contributed by atoms with Gasteiger partial charge < -0.3 is 19.7 Å². The summed E-state index contributed by atoms with van der Waals surface area (Å²) in [4.78, 5) is 0. The van der Waals surface area contributed by atoms with Gasteiger partial charge in [-0.2, -0.15) is 0 Å². The standard InChI is InChI=1S/C17H18O4/c1-10-13(18)6-3-11-5-8-15(21-17(10)11)12-4-7-14(19)16(9-12)20-2/h3-4,6-7,9,15,18-19H,5,8H2,1-2H3/t15-/m1/s1. The van der Waals surface area contributed by atoms with Crippen molar-refractivity contribution in [1.29, 1.82) is 0 Å². The van der Waals surface area contributed by atoms with Gasteiger partial charge in [-0.15, -0.1) is 0 Å². The highest BCUT2D eigenvalue weighted by molar-refractivity contribution is 5.50. The molecule has 0 aromatic heterocycles. The third-order valence-corrected chi connectivity index (χ3v) is 3.97. The van der Waals surface area contributed by atoms with Gasteiger partial charge in [0, 0.05) is 5.56 Å². The Morgan fingerprint density at radius 1 is 1.14 bits per heavy atom. The van der Waals surface area contributed by atoms with Crippen LogP contribution >= 0.6 is 0 Å². The lowest BCUT2D eigenvalue weighted by Gasteiger charge is -2.28. The summed E-state index contributed by atoms with van der Waals surface area (Å²) in [5.74, 6) is 1.57. The molecule has 0 unspecified atom stereocenters. The number of fused-ring (bicyclic) bond motifs is 1. The van der Waals surface area contributed by atoms with Crippen LogP contribution in [0.2, 0.25) is 0 Å². The SMILES string of the molecule is COc1cc([C@H]2CCc3ccc(O)c(C)c3O2)ccc1O. The zero-order valence-electron chi connectivity index (χ0n) is 12.1. The number of phenolic OH excluding ortho intramolecular Hbond substituents is 2. The summed E-state index contributed by atoms with van der Waals surface area (Å²) < 4.78 is 11.2. The van der Waals surface area contributed by atoms with Gasteiger partial charge in [0.15, 0.2) is 11.5 Å². The van der Waals surface area contributed by atoms with Crippen molar-refractivity contribution in [3.63, 3.8) is 0 Å². The summed E-state index contributed by atoms with van der Waals surface area (Å²) in [5.41, 5.74) is 2.84. The molecule has 4 nitrogen and oxygen atoms in total. The Morgan fingerprint density at radius 2 is 1.90 bits per heavy atom. The number of benzene rings is 2. The van der Waals surface area contributed by atoms with Crippen molar-refractivity contribution in [2.45, 2.75) is 25.9 Å². The maximum Gasteiger partial charge on any atom is 0.160 e. The van der Waals surface area contributed by atoms with E-state index in [-0.39, 0.29) is 17.6 Å². The van der Waals surface area contributed by atoms with Crippen LogP contribution in [0, 0.1) is 6.92 Å². The molecule has 1 aliphatic rings. The summed E-state index contributed by atoms with van der Waals surface area (Å²) in [7, 11) is 1.53. The minimum Gasteiger partial charge on any atom is -0.508 e. The van der Waals surface area contributed by atoms with Gasteiger partial charge in [0.1, 0.15) is 17.6 Å². The first-order chi connectivity index (χ1) is 10.1. The van der Waals surface area contributed by atoms with Gasteiger partial charge in [-0.05, 0) is 49.1 Å². The number of rotatable bonds is 2. The molecule has 1 aliphatic heterocycles. The second kappa shape index (κ2) is 5.20. The molecule has 0 saturated carbocycles. The Balaban J connectivity index is 1.94. The molecule has 0 saturated heterocycles. The molecule has 2 aromatic carbocycles. The summed E-state index contributed by atoms with van der Waals surface area (Å²) in [5, 5.41) is 19.5. The first kappa shape index (κ1) is 13.6. The van der Waals surface area contributed by atoms with Crippen molar-refractivity contribution >= 4 is 0 Å². The minimum absolute atomic E-state index is 0.104. The fourth-order valence-electron chi connectivity index (χ4n) is 2.72. The Morgan fingerprint density at radius 3 is 2.67 bits per heavy atom. The predicted molar refractivity (Wildman–Crippen MR) is 79.2 cm³/mol. The van der Waals surface area contributed by atoms with Crippen molar-refractivity contribution in [1.82, 2.24) is 0 Å². The molecule has 4 heteroatoms. The van der Waals surface area contributed by atoms with Gasteiger partial charge in [0.2, 0.25) is 0 Å². The summed E-state index contributed by atoms with van der Waals surface area (Å²) in [6.45, 7) is 1.86. The molecule has 0 spiro atoms. The lowest BCUT2D eigenvalue weighted by atomic mass is 9.95. The van der Waals surface area contributed by atoms with Gasteiger partial charge >= 0.3 is 0 Å². The summed E-state index contributed by atoms with van der Waals surface area (Å²) >= 11 is 0. The van der Waals surface area contributed by atoms with Gasteiger partial charge in [-0.1, -0.05) is 12.1 Å². The Bertz CT molecular complexity index is 679. The quantitative estimate of drug-likeness (QED) is 0.887. The zero-order valence-corrected chi connectivity index (χ0v) is 12.1. The normalized spacial score (nSPS) is 17.0. The number of hydrogen-bond donors (Lipinski definition) is 2. The van der Waals surface area contributed by atoms with Crippen molar-refractivity contribution in [3.05, 3.63) is 47.0 Å². The third kappa shape index (κ3) is 2.37. The van der Waals surface area contributed by atoms with Gasteiger partial charge in [-0.25, -0.2) is 0 Å². The second-order valence-corrected chi connectivity index (χ2v) is 5.27. The fraction of sp³-hybridized carbons (Fsp3) is 0.294. The molecule has 3 rings (SSSR count). The third-order valence-electron chi connectivity index (χ3n) is 3.97. The van der Waals surface area contributed by atoms with E-state index >= 15 is 0 Å². The minimum atomic E-state index is -0.104. The van der Waals surface area contributed by atoms with E-state index in [1.54, 1.807) is 18.2 Å². The number of phenols is 2. The Labute approximate surface area is 123 Å². The molecule has 21 heavy (non-hydrogen) atoms. The second-order valence-electron chi connectivity index (χ2n) is 5.27. The molecule has 2 aromatic rings. The molecule has 0 fully saturated rings. The van der Waals surface area contributed by atoms with Crippen LogP contribution in [0.1, 0.15) is 29.2 Å². The maximum atomic E-state index is 9.82. The van der Waals surface area contributed by atoms with Crippen LogP contribution in [-0.2, 0) is 6.42 Å². The van der Waals surface area contributed by atoms with Crippen LogP contribution in [0.5, 0.6) is 23.0 Å². The van der Waals surface area contributed by atoms with E-state index < -0.39 is 0 Å². The zero-order chi connectivity index (χ0) is 15.0. The highest BCUT2D eigenvalue weighted by Gasteiger charge is 2.24. The molecule has 2 N–H and O–H groups in total. The van der Waals surface area contributed by atoms with E-state index in [4.69, 9.17) is 9.47 Å². The lowest BCUT2D eigenvalue weighted by Crippen LogP contribution is -2.16. The van der Waals surface area contributed by atoms with Crippen molar-refractivity contribution in [3.8, 4) is 23.0 Å². The van der Waals surface area contributed by atoms with Crippen LogP contribution < -0.4 is 9.47 Å². The van der Waals surface area contributed by atoms with E-state index in [0.29, 0.717) is 5.75 Å². The maximum absolute atomic E-state index is 9.82. The van der Waals surface area contributed by atoms with Crippen molar-refractivity contribution < 1.29 is 19.7 Å². The first-order valence-corrected chi connectivity index (χ1v) is 6.95. The van der Waals surface area contributed by atoms with Gasteiger partial charge in [0.25, 0.3) is 0 Å². The lowest BCUT2D eigenvalue weighted by molar-refractivity contribution is 0.174. The first-order valence-electron chi connectivity index (χ1n) is 6.95. The molecular formula is C17H18O4. The van der Waals surface area contributed by atoms with Gasteiger partial charge in [0.05, 0.1) is 7.11 Å². The number of methoxy groups -OCH3 is 1. The Hall–Kier alpha value is -2.36. The van der Waals surface area contributed by atoms with Crippen LogP contribution in [0.3, 0.4) is 0 Å². The number of hydrogen-bond acceptors (Lipinski definition) is 4. The highest BCUT2D eigenvalue weighted by Crippen LogP contribution is 2.41. The molecule has 0 bridgehead atoms. The van der Waals surface area contributed by atoms with Crippen molar-refractivity contribution in [2.75, 3.05) is 7.11 Å². The summed E-state index contributed by atoms with van der Waals surface area (Å²) in [6, 6.07) is 8.86. The van der Waals surface area contributed by atoms with Gasteiger partial charge in [-0.3, -0.25) is 0 Å². The predicted octanol–water partition coefficient (Wildman–Crippen LogP) is 3.48.